The Hall–Kier alpha value is -3.26. The standard InChI is InChI=1S/C21H24N6O2/c1-29-20-8-4-18(5-9-20)15-25-10-12-26(13-11-25)21(28)14-17-2-6-19(7-3-17)27-16-22-23-24-27/h2-9,16H,10-15H2,1H3. The van der Waals surface area contributed by atoms with Gasteiger partial charge in [-0.15, -0.1) is 5.10 Å². The van der Waals surface area contributed by atoms with Gasteiger partial charge < -0.3 is 9.64 Å². The maximum atomic E-state index is 12.7. The number of methoxy groups -OCH3 is 1. The number of amides is 1. The molecule has 1 saturated heterocycles. The molecule has 4 rings (SSSR count). The molecule has 0 N–H and O–H groups in total. The molecule has 0 bridgehead atoms. The highest BCUT2D eigenvalue weighted by atomic mass is 16.5. The summed E-state index contributed by atoms with van der Waals surface area (Å²) >= 11 is 0. The number of nitrogens with zero attached hydrogens (tertiary/aromatic N) is 6. The summed E-state index contributed by atoms with van der Waals surface area (Å²) in [5, 5.41) is 11.1. The lowest BCUT2D eigenvalue weighted by Gasteiger charge is -2.35. The number of tetrazole rings is 1. The molecule has 1 aliphatic rings. The van der Waals surface area contributed by atoms with Crippen molar-refractivity contribution < 1.29 is 9.53 Å². The minimum atomic E-state index is 0.171. The molecule has 0 radical (unpaired) electrons. The van der Waals surface area contributed by atoms with Gasteiger partial charge in [-0.05, 0) is 45.8 Å². The summed E-state index contributed by atoms with van der Waals surface area (Å²) in [6, 6.07) is 15.9. The molecule has 1 aromatic heterocycles. The average molecular weight is 392 g/mol. The molecule has 2 heterocycles. The zero-order chi connectivity index (χ0) is 20.1. The maximum Gasteiger partial charge on any atom is 0.227 e. The Labute approximate surface area is 169 Å². The molecule has 0 atom stereocenters. The van der Waals surface area contributed by atoms with Crippen LogP contribution in [-0.2, 0) is 17.8 Å². The van der Waals surface area contributed by atoms with Gasteiger partial charge in [0.2, 0.25) is 5.91 Å². The highest BCUT2D eigenvalue weighted by molar-refractivity contribution is 5.79. The lowest BCUT2D eigenvalue weighted by molar-refractivity contribution is -0.132. The SMILES string of the molecule is COc1ccc(CN2CCN(C(=O)Cc3ccc(-n4cnnn4)cc3)CC2)cc1. The molecule has 0 aliphatic carbocycles. The number of aromatic nitrogens is 4. The largest absolute Gasteiger partial charge is 0.497 e. The van der Waals surface area contributed by atoms with Crippen LogP contribution in [0.2, 0.25) is 0 Å². The van der Waals surface area contributed by atoms with E-state index in [-0.39, 0.29) is 5.91 Å². The number of carbonyl (C=O) groups excluding carboxylic acids is 1. The van der Waals surface area contributed by atoms with E-state index in [2.05, 4.69) is 32.6 Å². The first-order valence-corrected chi connectivity index (χ1v) is 9.66. The van der Waals surface area contributed by atoms with Crippen molar-refractivity contribution in [3.63, 3.8) is 0 Å². The van der Waals surface area contributed by atoms with Gasteiger partial charge in [-0.2, -0.15) is 0 Å². The van der Waals surface area contributed by atoms with Gasteiger partial charge in [-0.3, -0.25) is 9.69 Å². The minimum Gasteiger partial charge on any atom is -0.497 e. The van der Waals surface area contributed by atoms with Crippen molar-refractivity contribution in [1.82, 2.24) is 30.0 Å². The third kappa shape index (κ3) is 4.78. The van der Waals surface area contributed by atoms with E-state index >= 15 is 0 Å². The summed E-state index contributed by atoms with van der Waals surface area (Å²) in [6.07, 6.45) is 1.96. The van der Waals surface area contributed by atoms with Gasteiger partial charge in [0.1, 0.15) is 12.1 Å². The summed E-state index contributed by atoms with van der Waals surface area (Å²) in [7, 11) is 1.67. The Bertz CT molecular complexity index is 917. The third-order valence-electron chi connectivity index (χ3n) is 5.20. The second-order valence-corrected chi connectivity index (χ2v) is 7.10. The van der Waals surface area contributed by atoms with Crippen molar-refractivity contribution in [2.24, 2.45) is 0 Å². The van der Waals surface area contributed by atoms with Crippen molar-refractivity contribution in [3.05, 3.63) is 66.0 Å². The molecular weight excluding hydrogens is 368 g/mol. The van der Waals surface area contributed by atoms with Crippen LogP contribution in [-0.4, -0.2) is 69.2 Å². The van der Waals surface area contributed by atoms with Crippen LogP contribution >= 0.6 is 0 Å². The van der Waals surface area contributed by atoms with E-state index in [1.807, 2.05) is 41.3 Å². The van der Waals surface area contributed by atoms with Gasteiger partial charge >= 0.3 is 0 Å². The molecule has 1 aliphatic heterocycles. The number of rotatable bonds is 6. The van der Waals surface area contributed by atoms with E-state index in [1.54, 1.807) is 18.1 Å². The highest BCUT2D eigenvalue weighted by Gasteiger charge is 2.21. The lowest BCUT2D eigenvalue weighted by Crippen LogP contribution is -2.48. The Balaban J connectivity index is 1.26. The molecule has 8 nitrogen and oxygen atoms in total. The van der Waals surface area contributed by atoms with Crippen LogP contribution < -0.4 is 4.74 Å². The van der Waals surface area contributed by atoms with Crippen molar-refractivity contribution in [1.29, 1.82) is 0 Å². The quantitative estimate of drug-likeness (QED) is 0.634. The van der Waals surface area contributed by atoms with Crippen molar-refractivity contribution in [2.75, 3.05) is 33.3 Å². The molecule has 0 spiro atoms. The number of carbonyl (C=O) groups is 1. The van der Waals surface area contributed by atoms with Gasteiger partial charge in [0, 0.05) is 32.7 Å². The van der Waals surface area contributed by atoms with Gasteiger partial charge in [0.15, 0.2) is 0 Å². The van der Waals surface area contributed by atoms with Crippen molar-refractivity contribution in [2.45, 2.75) is 13.0 Å². The van der Waals surface area contributed by atoms with E-state index in [0.29, 0.717) is 6.42 Å². The van der Waals surface area contributed by atoms with Crippen LogP contribution in [0.25, 0.3) is 5.69 Å². The Morgan fingerprint density at radius 1 is 0.966 bits per heavy atom. The zero-order valence-electron chi connectivity index (χ0n) is 16.4. The van der Waals surface area contributed by atoms with Crippen LogP contribution in [0.5, 0.6) is 5.75 Å². The molecule has 0 unspecified atom stereocenters. The molecule has 8 heteroatoms. The van der Waals surface area contributed by atoms with Gasteiger partial charge in [0.25, 0.3) is 0 Å². The Kier molecular flexibility index (Phi) is 5.81. The fourth-order valence-corrected chi connectivity index (χ4v) is 3.48. The Morgan fingerprint density at radius 2 is 1.66 bits per heavy atom. The smallest absolute Gasteiger partial charge is 0.227 e. The second kappa shape index (κ2) is 8.83. The van der Waals surface area contributed by atoms with Crippen molar-refractivity contribution in [3.8, 4) is 11.4 Å². The summed E-state index contributed by atoms with van der Waals surface area (Å²) in [5.41, 5.74) is 3.12. The number of benzene rings is 2. The van der Waals surface area contributed by atoms with E-state index in [1.165, 1.54) is 5.56 Å². The van der Waals surface area contributed by atoms with Crippen LogP contribution in [0, 0.1) is 0 Å². The average Bonchev–Trinajstić information content (AvgIpc) is 3.30. The monoisotopic (exact) mass is 392 g/mol. The van der Waals surface area contributed by atoms with E-state index in [4.69, 9.17) is 4.74 Å². The molecule has 29 heavy (non-hydrogen) atoms. The van der Waals surface area contributed by atoms with E-state index in [0.717, 1.165) is 49.7 Å². The Morgan fingerprint density at radius 3 is 2.28 bits per heavy atom. The summed E-state index contributed by atoms with van der Waals surface area (Å²) < 4.78 is 6.80. The van der Waals surface area contributed by atoms with Crippen LogP contribution in [0.4, 0.5) is 0 Å². The molecule has 1 fully saturated rings. The van der Waals surface area contributed by atoms with E-state index < -0.39 is 0 Å². The fourth-order valence-electron chi connectivity index (χ4n) is 3.48. The molecule has 3 aromatic rings. The minimum absolute atomic E-state index is 0.171. The third-order valence-corrected chi connectivity index (χ3v) is 5.20. The summed E-state index contributed by atoms with van der Waals surface area (Å²) in [5.74, 6) is 1.04. The van der Waals surface area contributed by atoms with Crippen LogP contribution in [0.1, 0.15) is 11.1 Å². The number of piperazine rings is 1. The normalized spacial score (nSPS) is 14.7. The number of ether oxygens (including phenoxy) is 1. The van der Waals surface area contributed by atoms with Gasteiger partial charge in [-0.1, -0.05) is 24.3 Å². The van der Waals surface area contributed by atoms with Crippen LogP contribution in [0.15, 0.2) is 54.9 Å². The first kappa shape index (κ1) is 19.1. The predicted molar refractivity (Wildman–Crippen MR) is 108 cm³/mol. The molecule has 1 amide bonds. The summed E-state index contributed by atoms with van der Waals surface area (Å²) in [4.78, 5) is 17.0. The van der Waals surface area contributed by atoms with Gasteiger partial charge in [0.05, 0.1) is 19.2 Å². The first-order valence-electron chi connectivity index (χ1n) is 9.66. The summed E-state index contributed by atoms with van der Waals surface area (Å²) in [6.45, 7) is 4.19. The van der Waals surface area contributed by atoms with Gasteiger partial charge in [-0.25, -0.2) is 4.68 Å². The predicted octanol–water partition coefficient (Wildman–Crippen LogP) is 1.56. The maximum absolute atomic E-state index is 12.7. The second-order valence-electron chi connectivity index (χ2n) is 7.10. The van der Waals surface area contributed by atoms with Crippen molar-refractivity contribution >= 4 is 5.91 Å². The lowest BCUT2D eigenvalue weighted by atomic mass is 10.1. The highest BCUT2D eigenvalue weighted by Crippen LogP contribution is 2.15. The molecule has 2 aromatic carbocycles. The molecule has 0 saturated carbocycles. The first-order chi connectivity index (χ1) is 14.2. The number of hydrogen-bond acceptors (Lipinski definition) is 6. The fraction of sp³-hybridized carbons (Fsp3) is 0.333. The zero-order valence-corrected chi connectivity index (χ0v) is 16.4. The number of hydrogen-bond donors (Lipinski definition) is 0. The van der Waals surface area contributed by atoms with E-state index in [9.17, 15) is 4.79 Å². The molecule has 150 valence electrons. The topological polar surface area (TPSA) is 76.4 Å². The molecular formula is C21H24N6O2. The van der Waals surface area contributed by atoms with Crippen LogP contribution in [0.3, 0.4) is 0 Å².